The first-order chi connectivity index (χ1) is 34.1. The molecule has 0 bridgehead atoms. The van der Waals surface area contributed by atoms with E-state index < -0.39 is 0 Å². The van der Waals surface area contributed by atoms with E-state index in [9.17, 15) is 10.5 Å². The molecule has 0 radical (unpaired) electrons. The van der Waals surface area contributed by atoms with Crippen LogP contribution in [-0.4, -0.2) is 9.13 Å². The van der Waals surface area contributed by atoms with Gasteiger partial charge in [-0.15, -0.1) is 30.3 Å². The van der Waals surface area contributed by atoms with Crippen LogP contribution in [0.15, 0.2) is 201 Å². The maximum absolute atomic E-state index is 10.9. The van der Waals surface area contributed by atoms with Gasteiger partial charge in [0.2, 0.25) is 0 Å². The van der Waals surface area contributed by atoms with Gasteiger partial charge in [-0.05, 0) is 70.9 Å². The Kier molecular flexibility index (Phi) is 9.56. The SMILES string of the molecule is N#Cc1[c-]c(-n2c3ccccc3c3ccc4c5ccccc5oc4c32)c(C#N)cc1-n1c2ccccc2c2ccc3c4ccccc4oc3c21.[Na+].[c-]1ccccc1-c1[c-]c2oc3ccccc3c2cc1. The molecule has 15 aromatic rings. The van der Waals surface area contributed by atoms with Crippen molar-refractivity contribution in [2.45, 2.75) is 0 Å². The van der Waals surface area contributed by atoms with Crippen molar-refractivity contribution in [3.63, 3.8) is 0 Å². The van der Waals surface area contributed by atoms with E-state index >= 15 is 0 Å². The molecule has 70 heavy (non-hydrogen) atoms. The summed E-state index contributed by atoms with van der Waals surface area (Å²) in [6, 6.07) is 77.5. The van der Waals surface area contributed by atoms with E-state index in [2.05, 4.69) is 102 Å². The van der Waals surface area contributed by atoms with Gasteiger partial charge < -0.3 is 22.4 Å². The van der Waals surface area contributed by atoms with Crippen molar-refractivity contribution in [2.24, 2.45) is 0 Å². The third-order valence-corrected chi connectivity index (χ3v) is 13.4. The fourth-order valence-corrected chi connectivity index (χ4v) is 10.4. The topological polar surface area (TPSA) is 96.9 Å². The molecule has 0 saturated heterocycles. The van der Waals surface area contributed by atoms with Crippen molar-refractivity contribution < 1.29 is 42.8 Å². The van der Waals surface area contributed by atoms with Crippen LogP contribution >= 0.6 is 0 Å². The van der Waals surface area contributed by atoms with E-state index in [1.54, 1.807) is 0 Å². The molecule has 0 spiro atoms. The van der Waals surface area contributed by atoms with Gasteiger partial charge in [0.05, 0.1) is 16.6 Å². The third kappa shape index (κ3) is 6.10. The first kappa shape index (κ1) is 41.4. The summed E-state index contributed by atoms with van der Waals surface area (Å²) >= 11 is 0. The van der Waals surface area contributed by atoms with Crippen LogP contribution in [0.5, 0.6) is 0 Å². The second kappa shape index (κ2) is 16.2. The average molecular weight is 903 g/mol. The van der Waals surface area contributed by atoms with Crippen molar-refractivity contribution >= 4 is 109 Å². The summed E-state index contributed by atoms with van der Waals surface area (Å²) in [7, 11) is 0. The predicted octanol–water partition coefficient (Wildman–Crippen LogP) is 13.1. The van der Waals surface area contributed by atoms with Gasteiger partial charge in [0.1, 0.15) is 16.7 Å². The number of para-hydroxylation sites is 5. The summed E-state index contributed by atoms with van der Waals surface area (Å²) in [6.07, 6.45) is 0. The average Bonchev–Trinajstić information content (AvgIpc) is 4.23. The second-order valence-electron chi connectivity index (χ2n) is 17.1. The zero-order valence-corrected chi connectivity index (χ0v) is 39.4. The molecule has 0 aliphatic carbocycles. The Balaban J connectivity index is 0.000000201. The minimum Gasteiger partial charge on any atom is -0.477 e. The van der Waals surface area contributed by atoms with Gasteiger partial charge in [-0.2, -0.15) is 30.3 Å². The van der Waals surface area contributed by atoms with Crippen molar-refractivity contribution in [3.05, 3.63) is 217 Å². The van der Waals surface area contributed by atoms with E-state index in [0.29, 0.717) is 22.5 Å². The number of nitriles is 2. The molecule has 10 aromatic carbocycles. The Hall–Kier alpha value is -8.82. The molecule has 0 fully saturated rings. The molecule has 15 rings (SSSR count). The number of aromatic nitrogens is 2. The molecular formula is C62H31N4NaO3-2. The molecule has 0 unspecified atom stereocenters. The minimum atomic E-state index is 0. The van der Waals surface area contributed by atoms with Crippen LogP contribution in [0.4, 0.5) is 0 Å². The Morgan fingerprint density at radius 2 is 0.914 bits per heavy atom. The number of fused-ring (bicyclic) bond motifs is 17. The number of hydrogen-bond acceptors (Lipinski definition) is 5. The largest absolute Gasteiger partial charge is 1.00 e. The molecule has 0 saturated carbocycles. The van der Waals surface area contributed by atoms with Crippen molar-refractivity contribution in [1.29, 1.82) is 10.5 Å². The molecule has 5 heterocycles. The van der Waals surface area contributed by atoms with Gasteiger partial charge in [-0.1, -0.05) is 114 Å². The zero-order chi connectivity index (χ0) is 45.7. The molecule has 0 aliphatic rings. The summed E-state index contributed by atoms with van der Waals surface area (Å²) in [4.78, 5) is 0. The maximum Gasteiger partial charge on any atom is 1.00 e. The van der Waals surface area contributed by atoms with E-state index in [1.807, 2.05) is 126 Å². The van der Waals surface area contributed by atoms with Gasteiger partial charge in [-0.3, -0.25) is 5.26 Å². The molecule has 0 amide bonds. The third-order valence-electron chi connectivity index (χ3n) is 13.4. The van der Waals surface area contributed by atoms with Crippen LogP contribution in [0.2, 0.25) is 0 Å². The van der Waals surface area contributed by atoms with Crippen LogP contribution in [-0.2, 0) is 0 Å². The molecule has 7 nitrogen and oxygen atoms in total. The normalized spacial score (nSPS) is 11.6. The Labute approximate surface area is 421 Å². The maximum atomic E-state index is 10.9. The van der Waals surface area contributed by atoms with Crippen molar-refractivity contribution in [1.82, 2.24) is 9.13 Å². The minimum absolute atomic E-state index is 0. The van der Waals surface area contributed by atoms with Gasteiger partial charge >= 0.3 is 29.6 Å². The summed E-state index contributed by atoms with van der Waals surface area (Å²) in [5.41, 5.74) is 11.9. The summed E-state index contributed by atoms with van der Waals surface area (Å²) in [5, 5.41) is 31.9. The number of benzene rings is 10. The van der Waals surface area contributed by atoms with Gasteiger partial charge in [0.25, 0.3) is 0 Å². The van der Waals surface area contributed by atoms with E-state index in [0.717, 1.165) is 121 Å². The van der Waals surface area contributed by atoms with E-state index in [4.69, 9.17) is 13.3 Å². The molecule has 8 heteroatoms. The number of furan rings is 3. The molecule has 0 aliphatic heterocycles. The Morgan fingerprint density at radius 3 is 1.50 bits per heavy atom. The second-order valence-corrected chi connectivity index (χ2v) is 17.1. The van der Waals surface area contributed by atoms with Crippen LogP contribution in [0.3, 0.4) is 0 Å². The molecule has 5 aromatic heterocycles. The van der Waals surface area contributed by atoms with Crippen molar-refractivity contribution in [3.8, 4) is 34.6 Å². The fourth-order valence-electron chi connectivity index (χ4n) is 10.4. The van der Waals surface area contributed by atoms with E-state index in [1.165, 1.54) is 0 Å². The first-order valence-electron chi connectivity index (χ1n) is 22.5. The van der Waals surface area contributed by atoms with Crippen LogP contribution in [0.25, 0.3) is 132 Å². The molecule has 0 atom stereocenters. The monoisotopic (exact) mass is 902 g/mol. The Bertz CT molecular complexity index is 4480. The van der Waals surface area contributed by atoms with Crippen LogP contribution in [0, 0.1) is 40.9 Å². The van der Waals surface area contributed by atoms with Gasteiger partial charge in [-0.25, -0.2) is 16.4 Å². The van der Waals surface area contributed by atoms with Gasteiger partial charge in [0, 0.05) is 60.3 Å². The quantitative estimate of drug-likeness (QED) is 0.130. The molecule has 0 N–H and O–H groups in total. The number of hydrogen-bond donors (Lipinski definition) is 0. The smallest absolute Gasteiger partial charge is 0.477 e. The zero-order valence-electron chi connectivity index (χ0n) is 37.4. The van der Waals surface area contributed by atoms with Gasteiger partial charge in [0.15, 0.2) is 11.2 Å². The van der Waals surface area contributed by atoms with Crippen LogP contribution in [0.1, 0.15) is 11.1 Å². The first-order valence-corrected chi connectivity index (χ1v) is 22.5. The van der Waals surface area contributed by atoms with E-state index in [-0.39, 0.29) is 29.6 Å². The standard InChI is InChI=1S/C44H21N4O2.C18H10O.Na/c45-23-25-22-38(48-36-14-6-2-10-28(36)32-18-20-34-30-12-4-8-16-40(30)50-44(34)42(32)48)26(24-46)21-37(25)47-35-13-5-1-9-27(35)31-17-19-33-29-11-3-7-15-39(29)49-43(33)41(31)47;1-2-6-13(7-3-1)14-10-11-16-15-8-4-5-9-17(15)19-18(16)12-14;/h1-21H;1-6,8-11H;/q-1;-2;+1. The predicted molar refractivity (Wildman–Crippen MR) is 275 cm³/mol. The van der Waals surface area contributed by atoms with Crippen molar-refractivity contribution in [2.75, 3.05) is 0 Å². The summed E-state index contributed by atoms with van der Waals surface area (Å²) in [5.74, 6) is 0. The molecular weight excluding hydrogens is 872 g/mol. The number of nitrogens with zero attached hydrogens (tertiary/aromatic N) is 4. The molecule has 320 valence electrons. The number of rotatable bonds is 3. The summed E-state index contributed by atoms with van der Waals surface area (Å²) in [6.45, 7) is 0. The van der Waals surface area contributed by atoms with Crippen LogP contribution < -0.4 is 29.6 Å². The fraction of sp³-hybridized carbons (Fsp3) is 0. The Morgan fingerprint density at radius 1 is 0.414 bits per heavy atom. The summed E-state index contributed by atoms with van der Waals surface area (Å²) < 4.78 is 23.0.